The second-order valence-corrected chi connectivity index (χ2v) is 3.70. The van der Waals surface area contributed by atoms with E-state index < -0.39 is 17.4 Å². The van der Waals surface area contributed by atoms with Gasteiger partial charge in [-0.05, 0) is 19.8 Å². The van der Waals surface area contributed by atoms with Gasteiger partial charge in [-0.15, -0.1) is 0 Å². The summed E-state index contributed by atoms with van der Waals surface area (Å²) in [5, 5.41) is 2.59. The number of hydrogen-bond acceptors (Lipinski definition) is 4. The van der Waals surface area contributed by atoms with Crippen molar-refractivity contribution < 1.29 is 14.3 Å². The van der Waals surface area contributed by atoms with Gasteiger partial charge in [0.1, 0.15) is 6.04 Å². The Balaban J connectivity index is 2.45. The zero-order valence-electron chi connectivity index (χ0n) is 8.50. The van der Waals surface area contributed by atoms with Crippen molar-refractivity contribution in [2.75, 3.05) is 13.7 Å². The second kappa shape index (κ2) is 3.96. The largest absolute Gasteiger partial charge is 0.467 e. The molecule has 0 saturated heterocycles. The van der Waals surface area contributed by atoms with Crippen LogP contribution in [-0.2, 0) is 14.3 Å². The molecule has 3 N–H and O–H groups in total. The summed E-state index contributed by atoms with van der Waals surface area (Å²) in [6.45, 7) is 1.93. The molecule has 1 aliphatic rings. The van der Waals surface area contributed by atoms with Crippen molar-refractivity contribution >= 4 is 11.9 Å². The fourth-order valence-corrected chi connectivity index (χ4v) is 1.26. The maximum Gasteiger partial charge on any atom is 0.328 e. The predicted molar refractivity (Wildman–Crippen MR) is 50.3 cm³/mol. The van der Waals surface area contributed by atoms with E-state index in [4.69, 9.17) is 5.73 Å². The number of nitrogens with two attached hydrogens (primary N) is 1. The van der Waals surface area contributed by atoms with Crippen molar-refractivity contribution in [3.8, 4) is 0 Å². The number of carbonyl (C=O) groups excluding carboxylic acids is 2. The first-order chi connectivity index (χ1) is 6.55. The van der Waals surface area contributed by atoms with Gasteiger partial charge in [0.05, 0.1) is 12.5 Å². The standard InChI is InChI=1S/C9H16N2O3/c1-6(7(12)14-2)11-8(13)9(5-10)3-4-9/h6H,3-5,10H2,1-2H3,(H,11,13). The van der Waals surface area contributed by atoms with Crippen LogP contribution in [0.1, 0.15) is 19.8 Å². The third-order valence-electron chi connectivity index (χ3n) is 2.63. The summed E-state index contributed by atoms with van der Waals surface area (Å²) >= 11 is 0. The Bertz CT molecular complexity index is 248. The van der Waals surface area contributed by atoms with Crippen LogP contribution in [-0.4, -0.2) is 31.6 Å². The van der Waals surface area contributed by atoms with Crippen LogP contribution in [0.5, 0.6) is 0 Å². The van der Waals surface area contributed by atoms with E-state index in [0.717, 1.165) is 12.8 Å². The van der Waals surface area contributed by atoms with Gasteiger partial charge in [0.15, 0.2) is 0 Å². The Hall–Kier alpha value is -1.10. The fraction of sp³-hybridized carbons (Fsp3) is 0.778. The number of esters is 1. The molecule has 0 aliphatic heterocycles. The highest BCUT2D eigenvalue weighted by molar-refractivity contribution is 5.89. The third kappa shape index (κ3) is 2.04. The molecule has 0 aromatic rings. The first kappa shape index (κ1) is 11.0. The number of amides is 1. The quantitative estimate of drug-likeness (QED) is 0.594. The first-order valence-corrected chi connectivity index (χ1v) is 4.64. The molecule has 1 fully saturated rings. The van der Waals surface area contributed by atoms with Gasteiger partial charge in [-0.3, -0.25) is 4.79 Å². The van der Waals surface area contributed by atoms with E-state index >= 15 is 0 Å². The van der Waals surface area contributed by atoms with Crippen LogP contribution in [0, 0.1) is 5.41 Å². The van der Waals surface area contributed by atoms with E-state index in [1.165, 1.54) is 7.11 Å². The minimum absolute atomic E-state index is 0.141. The van der Waals surface area contributed by atoms with Crippen LogP contribution in [0.3, 0.4) is 0 Å². The van der Waals surface area contributed by atoms with E-state index in [9.17, 15) is 9.59 Å². The Morgan fingerprint density at radius 3 is 2.50 bits per heavy atom. The number of methoxy groups -OCH3 is 1. The minimum atomic E-state index is -0.600. The smallest absolute Gasteiger partial charge is 0.328 e. The molecule has 0 radical (unpaired) electrons. The lowest BCUT2D eigenvalue weighted by Gasteiger charge is -2.16. The maximum atomic E-state index is 11.6. The Morgan fingerprint density at radius 1 is 1.57 bits per heavy atom. The van der Waals surface area contributed by atoms with Crippen LogP contribution in [0.15, 0.2) is 0 Å². The lowest BCUT2D eigenvalue weighted by Crippen LogP contribution is -2.45. The van der Waals surface area contributed by atoms with Crippen molar-refractivity contribution in [3.63, 3.8) is 0 Å². The van der Waals surface area contributed by atoms with Gasteiger partial charge < -0.3 is 15.8 Å². The van der Waals surface area contributed by atoms with Crippen molar-refractivity contribution in [2.45, 2.75) is 25.8 Å². The zero-order valence-corrected chi connectivity index (χ0v) is 8.50. The molecule has 1 rings (SSSR count). The molecule has 1 aliphatic carbocycles. The third-order valence-corrected chi connectivity index (χ3v) is 2.63. The summed E-state index contributed by atoms with van der Waals surface area (Å²) in [6.07, 6.45) is 1.62. The topological polar surface area (TPSA) is 81.4 Å². The SMILES string of the molecule is COC(=O)C(C)NC(=O)C1(CN)CC1. The zero-order chi connectivity index (χ0) is 10.8. The molecule has 14 heavy (non-hydrogen) atoms. The molecule has 0 heterocycles. The van der Waals surface area contributed by atoms with Crippen LogP contribution in [0.4, 0.5) is 0 Å². The fourth-order valence-electron chi connectivity index (χ4n) is 1.26. The number of ether oxygens (including phenoxy) is 1. The van der Waals surface area contributed by atoms with E-state index in [1.807, 2.05) is 0 Å². The summed E-state index contributed by atoms with van der Waals surface area (Å²) in [7, 11) is 1.29. The van der Waals surface area contributed by atoms with Crippen molar-refractivity contribution in [1.29, 1.82) is 0 Å². The lowest BCUT2D eigenvalue weighted by molar-refractivity contribution is -0.145. The Morgan fingerprint density at radius 2 is 2.14 bits per heavy atom. The van der Waals surface area contributed by atoms with Crippen LogP contribution in [0.2, 0.25) is 0 Å². The van der Waals surface area contributed by atoms with Gasteiger partial charge in [-0.2, -0.15) is 0 Å². The average Bonchev–Trinajstić information content (AvgIpc) is 2.96. The van der Waals surface area contributed by atoms with Crippen molar-refractivity contribution in [1.82, 2.24) is 5.32 Å². The molecular weight excluding hydrogens is 184 g/mol. The summed E-state index contributed by atoms with van der Waals surface area (Å²) in [5.41, 5.74) is 5.06. The monoisotopic (exact) mass is 200 g/mol. The highest BCUT2D eigenvalue weighted by Crippen LogP contribution is 2.44. The second-order valence-electron chi connectivity index (χ2n) is 3.70. The summed E-state index contributed by atoms with van der Waals surface area (Å²) < 4.78 is 4.49. The first-order valence-electron chi connectivity index (χ1n) is 4.64. The van der Waals surface area contributed by atoms with E-state index in [1.54, 1.807) is 6.92 Å². The molecule has 1 amide bonds. The van der Waals surface area contributed by atoms with Gasteiger partial charge in [-0.25, -0.2) is 4.79 Å². The molecule has 1 unspecified atom stereocenters. The number of carbonyl (C=O) groups is 2. The van der Waals surface area contributed by atoms with Gasteiger partial charge in [0.2, 0.25) is 5.91 Å². The van der Waals surface area contributed by atoms with E-state index in [0.29, 0.717) is 6.54 Å². The van der Waals surface area contributed by atoms with Gasteiger partial charge in [-0.1, -0.05) is 0 Å². The van der Waals surface area contributed by atoms with E-state index in [2.05, 4.69) is 10.1 Å². The summed E-state index contributed by atoms with van der Waals surface area (Å²) in [5.74, 6) is -0.580. The molecule has 0 aromatic heterocycles. The maximum absolute atomic E-state index is 11.6. The average molecular weight is 200 g/mol. The minimum Gasteiger partial charge on any atom is -0.467 e. The number of hydrogen-bond donors (Lipinski definition) is 2. The van der Waals surface area contributed by atoms with Crippen molar-refractivity contribution in [2.24, 2.45) is 11.1 Å². The van der Waals surface area contributed by atoms with Crippen molar-refractivity contribution in [3.05, 3.63) is 0 Å². The highest BCUT2D eigenvalue weighted by Gasteiger charge is 2.49. The van der Waals surface area contributed by atoms with Crippen LogP contribution >= 0.6 is 0 Å². The molecule has 0 spiro atoms. The molecule has 5 heteroatoms. The Labute approximate surface area is 83.0 Å². The van der Waals surface area contributed by atoms with Crippen LogP contribution < -0.4 is 11.1 Å². The normalized spacial score (nSPS) is 19.6. The molecule has 0 aromatic carbocycles. The molecule has 80 valence electrons. The molecule has 1 atom stereocenters. The molecule has 5 nitrogen and oxygen atoms in total. The number of rotatable bonds is 4. The Kier molecular flexibility index (Phi) is 3.10. The highest BCUT2D eigenvalue weighted by atomic mass is 16.5. The van der Waals surface area contributed by atoms with Crippen LogP contribution in [0.25, 0.3) is 0 Å². The summed E-state index contributed by atoms with van der Waals surface area (Å²) in [6, 6.07) is -0.600. The molecule has 0 bridgehead atoms. The van der Waals surface area contributed by atoms with Gasteiger partial charge >= 0.3 is 5.97 Å². The lowest BCUT2D eigenvalue weighted by atomic mass is 10.1. The molecule has 1 saturated carbocycles. The van der Waals surface area contributed by atoms with Gasteiger partial charge in [0.25, 0.3) is 0 Å². The summed E-state index contributed by atoms with van der Waals surface area (Å²) in [4.78, 5) is 22.6. The molecular formula is C9H16N2O3. The number of nitrogens with one attached hydrogen (secondary N) is 1. The predicted octanol–water partition coefficient (Wildman–Crippen LogP) is -0.597. The van der Waals surface area contributed by atoms with Gasteiger partial charge in [0, 0.05) is 6.54 Å². The van der Waals surface area contributed by atoms with E-state index in [-0.39, 0.29) is 5.91 Å².